The van der Waals surface area contributed by atoms with Crippen molar-refractivity contribution in [3.63, 3.8) is 0 Å². The van der Waals surface area contributed by atoms with Crippen LogP contribution in [0.3, 0.4) is 0 Å². The molecule has 6 nitrogen and oxygen atoms in total. The third kappa shape index (κ3) is 4.01. The predicted octanol–water partition coefficient (Wildman–Crippen LogP) is 0.684. The molecule has 0 aliphatic carbocycles. The Labute approximate surface area is 101 Å². The van der Waals surface area contributed by atoms with Gasteiger partial charge in [0.15, 0.2) is 0 Å². The summed E-state index contributed by atoms with van der Waals surface area (Å²) >= 11 is 0. The highest BCUT2D eigenvalue weighted by atomic mass is 32.2. The van der Waals surface area contributed by atoms with Crippen LogP contribution in [0.25, 0.3) is 0 Å². The standard InChI is InChI=1S/C10H18N4O2S/c15-17(16,14-10-7-12-13-8-10)6-4-9-3-1-2-5-11-9/h7-9,11,14H,1-6H2,(H,12,13). The van der Waals surface area contributed by atoms with E-state index in [-0.39, 0.29) is 5.75 Å². The van der Waals surface area contributed by atoms with Crippen LogP contribution in [0.4, 0.5) is 5.69 Å². The Hall–Kier alpha value is -1.08. The fraction of sp³-hybridized carbons (Fsp3) is 0.700. The number of piperidine rings is 1. The second-order valence-corrected chi connectivity index (χ2v) is 6.19. The first-order valence-electron chi connectivity index (χ1n) is 5.88. The normalized spacial score (nSPS) is 21.3. The van der Waals surface area contributed by atoms with Gasteiger partial charge in [0.1, 0.15) is 0 Å². The average molecular weight is 258 g/mol. The minimum absolute atomic E-state index is 0.149. The molecule has 7 heteroatoms. The maximum atomic E-state index is 11.8. The Morgan fingerprint density at radius 1 is 1.47 bits per heavy atom. The molecular formula is C10H18N4O2S. The summed E-state index contributed by atoms with van der Waals surface area (Å²) in [5, 5.41) is 9.60. The molecule has 1 fully saturated rings. The summed E-state index contributed by atoms with van der Waals surface area (Å²) in [4.78, 5) is 0. The molecule has 0 aromatic carbocycles. The van der Waals surface area contributed by atoms with Crippen LogP contribution in [0, 0.1) is 0 Å². The van der Waals surface area contributed by atoms with Crippen LogP contribution in [0.1, 0.15) is 25.7 Å². The van der Waals surface area contributed by atoms with E-state index in [1.807, 2.05) is 0 Å². The Kier molecular flexibility index (Phi) is 4.01. The van der Waals surface area contributed by atoms with Gasteiger partial charge in [-0.05, 0) is 25.8 Å². The first-order valence-corrected chi connectivity index (χ1v) is 7.53. The van der Waals surface area contributed by atoms with Crippen LogP contribution < -0.4 is 10.0 Å². The molecule has 0 saturated carbocycles. The van der Waals surface area contributed by atoms with Crippen molar-refractivity contribution in [2.45, 2.75) is 31.7 Å². The molecule has 0 bridgehead atoms. The number of rotatable bonds is 5. The zero-order chi connectivity index (χ0) is 12.1. The maximum Gasteiger partial charge on any atom is 0.232 e. The maximum absolute atomic E-state index is 11.8. The number of nitrogens with zero attached hydrogens (tertiary/aromatic N) is 1. The fourth-order valence-electron chi connectivity index (χ4n) is 2.01. The topological polar surface area (TPSA) is 86.9 Å². The van der Waals surface area contributed by atoms with E-state index in [0.717, 1.165) is 13.0 Å². The van der Waals surface area contributed by atoms with Gasteiger partial charge in [0, 0.05) is 12.2 Å². The number of hydrogen-bond donors (Lipinski definition) is 3. The number of anilines is 1. The van der Waals surface area contributed by atoms with Gasteiger partial charge < -0.3 is 5.32 Å². The van der Waals surface area contributed by atoms with Crippen molar-refractivity contribution < 1.29 is 8.42 Å². The third-order valence-electron chi connectivity index (χ3n) is 2.92. The van der Waals surface area contributed by atoms with E-state index in [2.05, 4.69) is 20.2 Å². The minimum atomic E-state index is -3.25. The molecule has 3 N–H and O–H groups in total. The molecule has 1 aromatic heterocycles. The van der Waals surface area contributed by atoms with Crippen LogP contribution in [-0.4, -0.2) is 37.0 Å². The lowest BCUT2D eigenvalue weighted by atomic mass is 10.0. The summed E-state index contributed by atoms with van der Waals surface area (Å²) in [5.41, 5.74) is 0.488. The molecule has 0 radical (unpaired) electrons. The van der Waals surface area contributed by atoms with Gasteiger partial charge >= 0.3 is 0 Å². The molecule has 0 amide bonds. The monoisotopic (exact) mass is 258 g/mol. The molecule has 1 unspecified atom stereocenters. The van der Waals surface area contributed by atoms with Crippen molar-refractivity contribution in [2.24, 2.45) is 0 Å². The minimum Gasteiger partial charge on any atom is -0.314 e. The number of sulfonamides is 1. The van der Waals surface area contributed by atoms with Crippen LogP contribution in [-0.2, 0) is 10.0 Å². The van der Waals surface area contributed by atoms with Crippen molar-refractivity contribution in [3.05, 3.63) is 12.4 Å². The predicted molar refractivity (Wildman–Crippen MR) is 66.3 cm³/mol. The van der Waals surface area contributed by atoms with Gasteiger partial charge in [-0.2, -0.15) is 5.10 Å². The van der Waals surface area contributed by atoms with E-state index < -0.39 is 10.0 Å². The highest BCUT2D eigenvalue weighted by molar-refractivity contribution is 7.92. The van der Waals surface area contributed by atoms with Crippen molar-refractivity contribution >= 4 is 15.7 Å². The van der Waals surface area contributed by atoms with E-state index in [0.29, 0.717) is 18.2 Å². The van der Waals surface area contributed by atoms with Crippen LogP contribution in [0.2, 0.25) is 0 Å². The van der Waals surface area contributed by atoms with Gasteiger partial charge in [0.25, 0.3) is 0 Å². The Morgan fingerprint density at radius 3 is 3.00 bits per heavy atom. The molecule has 1 saturated heterocycles. The molecule has 2 rings (SSSR count). The van der Waals surface area contributed by atoms with Gasteiger partial charge in [0.05, 0.1) is 17.6 Å². The lowest BCUT2D eigenvalue weighted by molar-refractivity contribution is 0.393. The summed E-state index contributed by atoms with van der Waals surface area (Å²) in [5.74, 6) is 0.149. The quantitative estimate of drug-likeness (QED) is 0.725. The number of nitrogens with one attached hydrogen (secondary N) is 3. The lowest BCUT2D eigenvalue weighted by Crippen LogP contribution is -2.36. The highest BCUT2D eigenvalue weighted by Crippen LogP contribution is 2.12. The molecule has 2 heterocycles. The molecular weight excluding hydrogens is 240 g/mol. The van der Waals surface area contributed by atoms with Gasteiger partial charge in [0.2, 0.25) is 10.0 Å². The van der Waals surface area contributed by atoms with Crippen LogP contribution in [0.5, 0.6) is 0 Å². The molecule has 96 valence electrons. The van der Waals surface area contributed by atoms with Gasteiger partial charge in [-0.1, -0.05) is 6.42 Å². The summed E-state index contributed by atoms with van der Waals surface area (Å²) in [6.07, 6.45) is 7.09. The second-order valence-electron chi connectivity index (χ2n) is 4.34. The summed E-state index contributed by atoms with van der Waals surface area (Å²) < 4.78 is 26.0. The molecule has 0 spiro atoms. The van der Waals surface area contributed by atoms with Gasteiger partial charge in [-0.3, -0.25) is 9.82 Å². The van der Waals surface area contributed by atoms with Crippen LogP contribution in [0.15, 0.2) is 12.4 Å². The average Bonchev–Trinajstić information content (AvgIpc) is 2.80. The van der Waals surface area contributed by atoms with Crippen molar-refractivity contribution in [2.75, 3.05) is 17.0 Å². The zero-order valence-electron chi connectivity index (χ0n) is 9.65. The smallest absolute Gasteiger partial charge is 0.232 e. The SMILES string of the molecule is O=S(=O)(CCC1CCCCN1)Nc1cn[nH]c1. The number of H-pyrrole nitrogens is 1. The summed E-state index contributed by atoms with van der Waals surface area (Å²) in [6, 6.07) is 0.338. The van der Waals surface area contributed by atoms with E-state index >= 15 is 0 Å². The summed E-state index contributed by atoms with van der Waals surface area (Å²) in [6.45, 7) is 1.000. The molecule has 1 atom stereocenters. The first kappa shape index (κ1) is 12.4. The number of aromatic amines is 1. The van der Waals surface area contributed by atoms with E-state index in [4.69, 9.17) is 0 Å². The van der Waals surface area contributed by atoms with Crippen molar-refractivity contribution in [1.82, 2.24) is 15.5 Å². The zero-order valence-corrected chi connectivity index (χ0v) is 10.5. The summed E-state index contributed by atoms with van der Waals surface area (Å²) in [7, 11) is -3.25. The Morgan fingerprint density at radius 2 is 2.35 bits per heavy atom. The highest BCUT2D eigenvalue weighted by Gasteiger charge is 2.17. The lowest BCUT2D eigenvalue weighted by Gasteiger charge is -2.23. The van der Waals surface area contributed by atoms with Gasteiger partial charge in [-0.25, -0.2) is 8.42 Å². The Balaban J connectivity index is 1.80. The fourth-order valence-corrected chi connectivity index (χ4v) is 3.17. The molecule has 1 aliphatic rings. The van der Waals surface area contributed by atoms with E-state index in [1.165, 1.54) is 25.2 Å². The second kappa shape index (κ2) is 5.50. The van der Waals surface area contributed by atoms with E-state index in [9.17, 15) is 8.42 Å². The van der Waals surface area contributed by atoms with Crippen LogP contribution >= 0.6 is 0 Å². The van der Waals surface area contributed by atoms with Gasteiger partial charge in [-0.15, -0.1) is 0 Å². The van der Waals surface area contributed by atoms with Crippen molar-refractivity contribution in [1.29, 1.82) is 0 Å². The molecule has 17 heavy (non-hydrogen) atoms. The third-order valence-corrected chi connectivity index (χ3v) is 4.24. The molecule has 1 aromatic rings. The first-order chi connectivity index (χ1) is 8.16. The molecule has 1 aliphatic heterocycles. The largest absolute Gasteiger partial charge is 0.314 e. The number of aromatic nitrogens is 2. The van der Waals surface area contributed by atoms with Crippen molar-refractivity contribution in [3.8, 4) is 0 Å². The van der Waals surface area contributed by atoms with E-state index in [1.54, 1.807) is 0 Å². The number of hydrogen-bond acceptors (Lipinski definition) is 4. The Bertz CT molecular complexity index is 423.